The second-order valence-corrected chi connectivity index (χ2v) is 7.22. The Morgan fingerprint density at radius 2 is 1.90 bits per heavy atom. The maximum Gasteiger partial charge on any atom is 0.209 e. The zero-order chi connectivity index (χ0) is 8.20. The first kappa shape index (κ1) is 10.4. The molecule has 0 spiro atoms. The minimum Gasteiger partial charge on any atom is -0.217 e. The highest BCUT2D eigenvalue weighted by Gasteiger charge is 2.03. The molecule has 0 aromatic carbocycles. The van der Waals surface area contributed by atoms with Crippen LogP contribution < -0.4 is 0 Å². The van der Waals surface area contributed by atoms with Gasteiger partial charge in [0.15, 0.2) is 0 Å². The Hall–Kier alpha value is 0.430. The van der Waals surface area contributed by atoms with Gasteiger partial charge in [-0.25, -0.2) is 8.42 Å². The first-order valence-electron chi connectivity index (χ1n) is 3.34. The molecule has 0 unspecified atom stereocenters. The highest BCUT2D eigenvalue weighted by molar-refractivity contribution is 9.47. The van der Waals surface area contributed by atoms with Gasteiger partial charge < -0.3 is 0 Å². The molecule has 0 atom stereocenters. The van der Waals surface area contributed by atoms with Crippen LogP contribution in [0.15, 0.2) is 0 Å². The lowest BCUT2D eigenvalue weighted by Gasteiger charge is -2.00. The van der Waals surface area contributed by atoms with E-state index in [9.17, 15) is 8.42 Å². The topological polar surface area (TPSA) is 34.1 Å². The Balaban J connectivity index is 3.39. The fraction of sp³-hybridized carbons (Fsp3) is 1.00. The van der Waals surface area contributed by atoms with Crippen LogP contribution in [0.2, 0.25) is 0 Å². The Morgan fingerprint density at radius 3 is 2.20 bits per heavy atom. The summed E-state index contributed by atoms with van der Waals surface area (Å²) in [6, 6.07) is 0. The first-order chi connectivity index (χ1) is 4.42. The van der Waals surface area contributed by atoms with Crippen molar-refractivity contribution in [2.24, 2.45) is 5.92 Å². The molecule has 4 heteroatoms. The van der Waals surface area contributed by atoms with Crippen LogP contribution in [0.3, 0.4) is 0 Å². The van der Waals surface area contributed by atoms with Crippen molar-refractivity contribution in [3.8, 4) is 0 Å². The maximum atomic E-state index is 10.5. The monoisotopic (exact) mass is 228 g/mol. The molecule has 0 saturated carbocycles. The fourth-order valence-corrected chi connectivity index (χ4v) is 1.86. The average Bonchev–Trinajstić information content (AvgIpc) is 1.59. The van der Waals surface area contributed by atoms with Crippen LogP contribution in [0.1, 0.15) is 26.7 Å². The smallest absolute Gasteiger partial charge is 0.209 e. The zero-order valence-electron chi connectivity index (χ0n) is 6.30. The van der Waals surface area contributed by atoms with Gasteiger partial charge in [-0.15, -0.1) is 0 Å². The Kier molecular flexibility index (Phi) is 4.52. The molecule has 0 heterocycles. The summed E-state index contributed by atoms with van der Waals surface area (Å²) in [6.07, 6.45) is 1.73. The van der Waals surface area contributed by atoms with Crippen LogP contribution in [-0.2, 0) is 8.27 Å². The Bertz CT molecular complexity index is 172. The van der Waals surface area contributed by atoms with Crippen LogP contribution in [0.25, 0.3) is 0 Å². The van der Waals surface area contributed by atoms with Gasteiger partial charge in [0.25, 0.3) is 0 Å². The van der Waals surface area contributed by atoms with Crippen LogP contribution in [0.4, 0.5) is 0 Å². The van der Waals surface area contributed by atoms with E-state index >= 15 is 0 Å². The molecule has 0 N–H and O–H groups in total. The third-order valence-electron chi connectivity index (χ3n) is 1.17. The van der Waals surface area contributed by atoms with E-state index in [2.05, 4.69) is 28.7 Å². The summed E-state index contributed by atoms with van der Waals surface area (Å²) in [6.45, 7) is 4.17. The summed E-state index contributed by atoms with van der Waals surface area (Å²) in [5.74, 6) is 0.847. The molecule has 0 amide bonds. The van der Waals surface area contributed by atoms with Crippen molar-refractivity contribution in [1.29, 1.82) is 0 Å². The van der Waals surface area contributed by atoms with Gasteiger partial charge in [0.05, 0.1) is 20.6 Å². The molecule has 0 aliphatic carbocycles. The standard InChI is InChI=1S/C6H13BrO2S/c1-6(2)4-3-5-10(7,8)9/h6H,3-5H2,1-2H3. The molecule has 0 aromatic heterocycles. The van der Waals surface area contributed by atoms with Crippen molar-refractivity contribution in [3.05, 3.63) is 0 Å². The zero-order valence-corrected chi connectivity index (χ0v) is 8.70. The number of halogens is 1. The third-order valence-corrected chi connectivity index (χ3v) is 2.92. The fourth-order valence-electron chi connectivity index (χ4n) is 0.664. The van der Waals surface area contributed by atoms with Crippen molar-refractivity contribution < 1.29 is 8.42 Å². The summed E-state index contributed by atoms with van der Waals surface area (Å²) < 4.78 is 21.1. The molecule has 0 aliphatic rings. The molecule has 0 saturated heterocycles. The van der Waals surface area contributed by atoms with E-state index in [4.69, 9.17) is 0 Å². The van der Waals surface area contributed by atoms with Gasteiger partial charge in [-0.3, -0.25) is 0 Å². The molecule has 0 radical (unpaired) electrons. The van der Waals surface area contributed by atoms with Gasteiger partial charge in [-0.1, -0.05) is 13.8 Å². The van der Waals surface area contributed by atoms with E-state index in [1.165, 1.54) is 0 Å². The summed E-state index contributed by atoms with van der Waals surface area (Å²) in [7, 11) is -2.91. The van der Waals surface area contributed by atoms with Gasteiger partial charge >= 0.3 is 0 Å². The average molecular weight is 229 g/mol. The lowest BCUT2D eigenvalue weighted by Crippen LogP contribution is -1.98. The number of rotatable bonds is 4. The van der Waals surface area contributed by atoms with E-state index in [0.29, 0.717) is 5.92 Å². The highest BCUT2D eigenvalue weighted by atomic mass is 79.9. The summed E-state index contributed by atoms with van der Waals surface area (Å²) in [5, 5.41) is 0. The lowest BCUT2D eigenvalue weighted by molar-refractivity contribution is 0.566. The summed E-state index contributed by atoms with van der Waals surface area (Å²) in [5.41, 5.74) is 0. The predicted octanol–water partition coefficient (Wildman–Crippen LogP) is 2.15. The predicted molar refractivity (Wildman–Crippen MR) is 46.8 cm³/mol. The van der Waals surface area contributed by atoms with Crippen LogP contribution in [-0.4, -0.2) is 14.2 Å². The van der Waals surface area contributed by atoms with Gasteiger partial charge in [0.2, 0.25) is 8.27 Å². The van der Waals surface area contributed by atoms with Gasteiger partial charge in [-0.2, -0.15) is 0 Å². The molecular formula is C6H13BrO2S. The van der Waals surface area contributed by atoms with Crippen LogP contribution >= 0.6 is 14.8 Å². The highest BCUT2D eigenvalue weighted by Crippen LogP contribution is 2.08. The summed E-state index contributed by atoms with van der Waals surface area (Å²) >= 11 is 2.60. The molecule has 10 heavy (non-hydrogen) atoms. The van der Waals surface area contributed by atoms with Crippen molar-refractivity contribution in [2.75, 3.05) is 5.75 Å². The molecular weight excluding hydrogens is 216 g/mol. The minimum absolute atomic E-state index is 0.255. The Morgan fingerprint density at radius 1 is 1.40 bits per heavy atom. The molecule has 0 bridgehead atoms. The molecule has 62 valence electrons. The molecule has 0 fully saturated rings. The SMILES string of the molecule is CC(C)CCCS(=O)(=O)Br. The quantitative estimate of drug-likeness (QED) is 0.692. The minimum atomic E-state index is -2.91. The second-order valence-electron chi connectivity index (χ2n) is 2.78. The van der Waals surface area contributed by atoms with E-state index in [1.54, 1.807) is 0 Å². The largest absolute Gasteiger partial charge is 0.217 e. The van der Waals surface area contributed by atoms with Gasteiger partial charge in [-0.05, 0) is 18.8 Å². The van der Waals surface area contributed by atoms with Crippen LogP contribution in [0.5, 0.6) is 0 Å². The van der Waals surface area contributed by atoms with E-state index < -0.39 is 8.27 Å². The van der Waals surface area contributed by atoms with Gasteiger partial charge in [0.1, 0.15) is 0 Å². The first-order valence-corrected chi connectivity index (χ1v) is 6.83. The van der Waals surface area contributed by atoms with Crippen molar-refractivity contribution >= 4 is 23.1 Å². The van der Waals surface area contributed by atoms with E-state index in [-0.39, 0.29) is 5.75 Å². The lowest BCUT2D eigenvalue weighted by atomic mass is 10.1. The molecule has 0 rings (SSSR count). The van der Waals surface area contributed by atoms with Crippen molar-refractivity contribution in [2.45, 2.75) is 26.7 Å². The number of hydrogen-bond acceptors (Lipinski definition) is 2. The van der Waals surface area contributed by atoms with E-state index in [1.807, 2.05) is 0 Å². The third kappa shape index (κ3) is 8.43. The van der Waals surface area contributed by atoms with Gasteiger partial charge in [0, 0.05) is 0 Å². The van der Waals surface area contributed by atoms with Crippen molar-refractivity contribution in [3.63, 3.8) is 0 Å². The normalized spacial score (nSPS) is 12.4. The Labute approximate surface area is 70.1 Å². The maximum absolute atomic E-state index is 10.5. The second kappa shape index (κ2) is 4.34. The van der Waals surface area contributed by atoms with Crippen molar-refractivity contribution in [1.82, 2.24) is 0 Å². The van der Waals surface area contributed by atoms with E-state index in [0.717, 1.165) is 12.8 Å². The van der Waals surface area contributed by atoms with Crippen LogP contribution in [0, 0.1) is 5.92 Å². The number of hydrogen-bond donors (Lipinski definition) is 0. The summed E-state index contributed by atoms with van der Waals surface area (Å²) in [4.78, 5) is 0. The molecule has 0 aromatic rings. The molecule has 0 aliphatic heterocycles. The molecule has 2 nitrogen and oxygen atoms in total.